The Balaban J connectivity index is 2.38. The van der Waals surface area contributed by atoms with Gasteiger partial charge in [0.2, 0.25) is 0 Å². The van der Waals surface area contributed by atoms with Gasteiger partial charge in [0, 0.05) is 6.61 Å². The number of carbonyl (C=O) groups is 1. The molecule has 6 unspecified atom stereocenters. The van der Waals surface area contributed by atoms with Gasteiger partial charge in [-0.1, -0.05) is 103 Å². The second-order valence-electron chi connectivity index (χ2n) is 13.0. The average molecular weight is 561 g/mol. The number of ether oxygens (including phenoxy) is 1. The molecule has 2 N–H and O–H groups in total. The van der Waals surface area contributed by atoms with Crippen molar-refractivity contribution in [2.75, 3.05) is 6.61 Å². The summed E-state index contributed by atoms with van der Waals surface area (Å²) in [5.41, 5.74) is 4.16. The van der Waals surface area contributed by atoms with Crippen LogP contribution in [0.15, 0.2) is 34.9 Å². The van der Waals surface area contributed by atoms with E-state index in [1.165, 1.54) is 61.7 Å². The summed E-state index contributed by atoms with van der Waals surface area (Å²) < 4.78 is 6.46. The number of aliphatic hydroxyl groups excluding tert-OH is 1. The van der Waals surface area contributed by atoms with Gasteiger partial charge in [-0.05, 0) is 95.0 Å². The summed E-state index contributed by atoms with van der Waals surface area (Å²) in [7, 11) is 0. The summed E-state index contributed by atoms with van der Waals surface area (Å²) in [6, 6.07) is 0. The molecule has 232 valence electrons. The Morgan fingerprint density at radius 1 is 0.900 bits per heavy atom. The Morgan fingerprint density at radius 2 is 1.55 bits per heavy atom. The SMILES string of the molecule is CCCCCCCCOC1C(CCC(C)CCC/C(C)=C/CC/C(C)=C/CCC(C)C(=O)O)=CC(O)C(C)C1C. The summed E-state index contributed by atoms with van der Waals surface area (Å²) in [6.07, 6.45) is 23.6. The highest BCUT2D eigenvalue weighted by molar-refractivity contribution is 5.69. The number of aliphatic hydroxyl groups is 1. The van der Waals surface area contributed by atoms with E-state index in [-0.39, 0.29) is 24.0 Å². The fourth-order valence-corrected chi connectivity index (χ4v) is 5.71. The molecule has 0 aliphatic heterocycles. The smallest absolute Gasteiger partial charge is 0.306 e. The minimum atomic E-state index is -0.704. The number of allylic oxidation sites excluding steroid dienone is 4. The molecule has 4 heteroatoms. The lowest BCUT2D eigenvalue weighted by molar-refractivity contribution is -0.141. The first-order valence-electron chi connectivity index (χ1n) is 16.6. The van der Waals surface area contributed by atoms with E-state index in [9.17, 15) is 9.90 Å². The van der Waals surface area contributed by atoms with E-state index >= 15 is 0 Å². The molecule has 0 amide bonds. The zero-order valence-corrected chi connectivity index (χ0v) is 27.2. The lowest BCUT2D eigenvalue weighted by atomic mass is 9.76. The number of unbranched alkanes of at least 4 members (excludes halogenated alkanes) is 5. The summed E-state index contributed by atoms with van der Waals surface area (Å²) in [5, 5.41) is 19.6. The highest BCUT2D eigenvalue weighted by Gasteiger charge is 2.34. The summed E-state index contributed by atoms with van der Waals surface area (Å²) in [5.74, 6) is 0.287. The second kappa shape index (κ2) is 21.3. The third-order valence-electron chi connectivity index (χ3n) is 9.13. The van der Waals surface area contributed by atoms with Crippen molar-refractivity contribution < 1.29 is 19.7 Å². The monoisotopic (exact) mass is 560 g/mol. The Labute approximate surface area is 247 Å². The average Bonchev–Trinajstić information content (AvgIpc) is 2.91. The standard InChI is InChI=1S/C36H64O4/c1-8-9-10-11-12-13-25-40-35-32(7)31(6)34(37)26-33(35)24-23-29(4)20-15-19-27(2)17-14-18-28(3)21-16-22-30(5)36(38)39/h17,21,26,29-32,34-35,37H,8-16,18-20,22-25H2,1-7H3,(H,38,39)/b27-17+,28-21+. The molecule has 0 aromatic carbocycles. The maximum Gasteiger partial charge on any atom is 0.306 e. The molecule has 0 saturated heterocycles. The van der Waals surface area contributed by atoms with Crippen LogP contribution in [0.25, 0.3) is 0 Å². The van der Waals surface area contributed by atoms with E-state index < -0.39 is 5.97 Å². The van der Waals surface area contributed by atoms with Gasteiger partial charge in [0.1, 0.15) is 0 Å². The van der Waals surface area contributed by atoms with Crippen LogP contribution in [-0.2, 0) is 9.53 Å². The van der Waals surface area contributed by atoms with Crippen molar-refractivity contribution in [3.63, 3.8) is 0 Å². The van der Waals surface area contributed by atoms with Gasteiger partial charge >= 0.3 is 5.97 Å². The molecular formula is C36H64O4. The summed E-state index contributed by atoms with van der Waals surface area (Å²) in [6.45, 7) is 16.1. The van der Waals surface area contributed by atoms with Gasteiger partial charge in [-0.15, -0.1) is 0 Å². The third kappa shape index (κ3) is 15.6. The second-order valence-corrected chi connectivity index (χ2v) is 13.0. The molecule has 4 nitrogen and oxygen atoms in total. The van der Waals surface area contributed by atoms with E-state index in [0.29, 0.717) is 18.3 Å². The Kier molecular flexibility index (Phi) is 19.5. The largest absolute Gasteiger partial charge is 0.481 e. The number of rotatable bonds is 22. The van der Waals surface area contributed by atoms with Gasteiger partial charge in [0.05, 0.1) is 18.1 Å². The molecule has 6 atom stereocenters. The maximum absolute atomic E-state index is 10.9. The molecule has 1 rings (SSSR count). The van der Waals surface area contributed by atoms with E-state index in [2.05, 4.69) is 59.8 Å². The van der Waals surface area contributed by atoms with Gasteiger partial charge in [0.15, 0.2) is 0 Å². The summed E-state index contributed by atoms with van der Waals surface area (Å²) in [4.78, 5) is 10.9. The molecule has 0 radical (unpaired) electrons. The van der Waals surface area contributed by atoms with Crippen LogP contribution in [0.4, 0.5) is 0 Å². The van der Waals surface area contributed by atoms with Gasteiger partial charge in [0.25, 0.3) is 0 Å². The minimum absolute atomic E-state index is 0.157. The Hall–Kier alpha value is -1.39. The van der Waals surface area contributed by atoms with E-state index in [1.54, 1.807) is 6.92 Å². The quantitative estimate of drug-likeness (QED) is 0.102. The van der Waals surface area contributed by atoms with Crippen LogP contribution in [0.3, 0.4) is 0 Å². The Bertz CT molecular complexity index is 780. The minimum Gasteiger partial charge on any atom is -0.481 e. The molecule has 0 aromatic rings. The van der Waals surface area contributed by atoms with Gasteiger partial charge in [-0.25, -0.2) is 0 Å². The van der Waals surface area contributed by atoms with Crippen LogP contribution >= 0.6 is 0 Å². The van der Waals surface area contributed by atoms with E-state index in [4.69, 9.17) is 9.84 Å². The number of hydrogen-bond donors (Lipinski definition) is 2. The first-order valence-corrected chi connectivity index (χ1v) is 16.6. The van der Waals surface area contributed by atoms with Crippen molar-refractivity contribution in [3.05, 3.63) is 34.9 Å². The lowest BCUT2D eigenvalue weighted by Gasteiger charge is -2.38. The van der Waals surface area contributed by atoms with Gasteiger partial charge < -0.3 is 14.9 Å². The number of hydrogen-bond acceptors (Lipinski definition) is 3. The van der Waals surface area contributed by atoms with Crippen molar-refractivity contribution in [1.82, 2.24) is 0 Å². The van der Waals surface area contributed by atoms with Crippen molar-refractivity contribution in [3.8, 4) is 0 Å². The van der Waals surface area contributed by atoms with Crippen molar-refractivity contribution in [2.45, 2.75) is 157 Å². The first kappa shape index (κ1) is 36.6. The van der Waals surface area contributed by atoms with E-state index in [1.807, 2.05) is 0 Å². The summed E-state index contributed by atoms with van der Waals surface area (Å²) >= 11 is 0. The molecule has 0 spiro atoms. The molecule has 0 fully saturated rings. The molecule has 1 aliphatic rings. The predicted octanol–water partition coefficient (Wildman–Crippen LogP) is 10.1. The zero-order valence-electron chi connectivity index (χ0n) is 27.2. The predicted molar refractivity (Wildman–Crippen MR) is 171 cm³/mol. The normalized spacial score (nSPS) is 23.6. The molecule has 0 heterocycles. The molecule has 0 bridgehead atoms. The van der Waals surface area contributed by atoms with E-state index in [0.717, 1.165) is 51.6 Å². The van der Waals surface area contributed by atoms with Crippen LogP contribution in [0.1, 0.15) is 145 Å². The van der Waals surface area contributed by atoms with Crippen LogP contribution in [0.5, 0.6) is 0 Å². The van der Waals surface area contributed by atoms with Crippen LogP contribution in [0, 0.1) is 23.7 Å². The van der Waals surface area contributed by atoms with Crippen molar-refractivity contribution >= 4 is 5.97 Å². The van der Waals surface area contributed by atoms with Gasteiger partial charge in [-0.2, -0.15) is 0 Å². The van der Waals surface area contributed by atoms with Crippen LogP contribution in [0.2, 0.25) is 0 Å². The maximum atomic E-state index is 10.9. The number of carboxylic acid groups (broad SMARTS) is 1. The third-order valence-corrected chi connectivity index (χ3v) is 9.13. The van der Waals surface area contributed by atoms with Crippen molar-refractivity contribution in [1.29, 1.82) is 0 Å². The Morgan fingerprint density at radius 3 is 2.25 bits per heavy atom. The fourth-order valence-electron chi connectivity index (χ4n) is 5.71. The fraction of sp³-hybridized carbons (Fsp3) is 0.806. The molecular weight excluding hydrogens is 496 g/mol. The topological polar surface area (TPSA) is 66.8 Å². The van der Waals surface area contributed by atoms with Crippen LogP contribution < -0.4 is 0 Å². The molecule has 0 aromatic heterocycles. The highest BCUT2D eigenvalue weighted by Crippen LogP contribution is 2.35. The molecule has 40 heavy (non-hydrogen) atoms. The molecule has 0 saturated carbocycles. The first-order chi connectivity index (χ1) is 19.1. The van der Waals surface area contributed by atoms with Crippen molar-refractivity contribution in [2.24, 2.45) is 23.7 Å². The zero-order chi connectivity index (χ0) is 29.9. The number of carboxylic acids is 1. The lowest BCUT2D eigenvalue weighted by Crippen LogP contribution is -2.39. The molecule has 1 aliphatic carbocycles. The highest BCUT2D eigenvalue weighted by atomic mass is 16.5. The van der Waals surface area contributed by atoms with Crippen LogP contribution in [-0.4, -0.2) is 35.0 Å². The van der Waals surface area contributed by atoms with Gasteiger partial charge in [-0.3, -0.25) is 4.79 Å². The number of aliphatic carboxylic acids is 1.